The summed E-state index contributed by atoms with van der Waals surface area (Å²) in [5.41, 5.74) is 5.46. The van der Waals surface area contributed by atoms with Crippen molar-refractivity contribution in [2.24, 2.45) is 0 Å². The average molecular weight is 249 g/mol. The third kappa shape index (κ3) is 2.39. The molecule has 2 N–H and O–H groups in total. The Morgan fingerprint density at radius 1 is 1.33 bits per heavy atom. The van der Waals surface area contributed by atoms with Crippen molar-refractivity contribution in [2.75, 3.05) is 18.8 Å². The summed E-state index contributed by atoms with van der Waals surface area (Å²) in [4.78, 5) is 26.0. The van der Waals surface area contributed by atoms with Crippen LogP contribution >= 0.6 is 0 Å². The Balaban J connectivity index is 2.20. The van der Waals surface area contributed by atoms with E-state index in [2.05, 4.69) is 0 Å². The first-order chi connectivity index (χ1) is 8.61. The Morgan fingerprint density at radius 3 is 2.67 bits per heavy atom. The molecule has 2 rings (SSSR count). The zero-order chi connectivity index (χ0) is 13.1. The highest BCUT2D eigenvalue weighted by molar-refractivity contribution is 5.80. The SMILES string of the molecule is C[C@H](C(=O)N1CCCCC1)n1cccc(N)c1=O. The normalized spacial score (nSPS) is 17.5. The fourth-order valence-corrected chi connectivity index (χ4v) is 2.33. The fraction of sp³-hybridized carbons (Fsp3) is 0.538. The molecule has 1 aliphatic rings. The third-order valence-electron chi connectivity index (χ3n) is 3.45. The number of nitrogens with zero attached hydrogens (tertiary/aromatic N) is 2. The van der Waals surface area contributed by atoms with Gasteiger partial charge in [0.2, 0.25) is 5.91 Å². The molecule has 0 unspecified atom stereocenters. The van der Waals surface area contributed by atoms with E-state index in [0.29, 0.717) is 0 Å². The van der Waals surface area contributed by atoms with E-state index < -0.39 is 6.04 Å². The van der Waals surface area contributed by atoms with Gasteiger partial charge < -0.3 is 15.2 Å². The fourth-order valence-electron chi connectivity index (χ4n) is 2.33. The second-order valence-corrected chi connectivity index (χ2v) is 4.74. The standard InChI is InChI=1S/C13H19N3O2/c1-10(12(17)15-7-3-2-4-8-15)16-9-5-6-11(14)13(16)18/h5-6,9-10H,2-4,7-8,14H2,1H3/t10-/m1/s1. The van der Waals surface area contributed by atoms with Crippen LogP contribution in [0.2, 0.25) is 0 Å². The van der Waals surface area contributed by atoms with Crippen LogP contribution in [-0.4, -0.2) is 28.5 Å². The molecule has 1 atom stereocenters. The molecule has 0 saturated carbocycles. The summed E-state index contributed by atoms with van der Waals surface area (Å²) in [5.74, 6) is 0.00222. The lowest BCUT2D eigenvalue weighted by Gasteiger charge is -2.29. The van der Waals surface area contributed by atoms with E-state index in [1.54, 1.807) is 25.3 Å². The first-order valence-corrected chi connectivity index (χ1v) is 6.36. The molecule has 2 heterocycles. The van der Waals surface area contributed by atoms with Crippen LogP contribution in [0.5, 0.6) is 0 Å². The van der Waals surface area contributed by atoms with Gasteiger partial charge in [-0.3, -0.25) is 9.59 Å². The van der Waals surface area contributed by atoms with Crippen molar-refractivity contribution in [3.8, 4) is 0 Å². The van der Waals surface area contributed by atoms with E-state index in [-0.39, 0.29) is 17.2 Å². The van der Waals surface area contributed by atoms with Gasteiger partial charge in [0.05, 0.1) is 5.69 Å². The van der Waals surface area contributed by atoms with E-state index in [1.165, 1.54) is 11.0 Å². The molecule has 0 aliphatic carbocycles. The van der Waals surface area contributed by atoms with Crippen molar-refractivity contribution in [3.63, 3.8) is 0 Å². The number of pyridine rings is 1. The predicted molar refractivity (Wildman–Crippen MR) is 70.3 cm³/mol. The maximum atomic E-state index is 12.3. The molecule has 18 heavy (non-hydrogen) atoms. The number of likely N-dealkylation sites (tertiary alicyclic amines) is 1. The lowest BCUT2D eigenvalue weighted by atomic mass is 10.1. The number of hydrogen-bond donors (Lipinski definition) is 1. The molecule has 1 aromatic rings. The smallest absolute Gasteiger partial charge is 0.274 e. The largest absolute Gasteiger partial charge is 0.394 e. The molecule has 0 radical (unpaired) electrons. The lowest BCUT2D eigenvalue weighted by molar-refractivity contribution is -0.135. The van der Waals surface area contributed by atoms with Gasteiger partial charge in [0.15, 0.2) is 0 Å². The molecule has 5 nitrogen and oxygen atoms in total. The van der Waals surface area contributed by atoms with E-state index >= 15 is 0 Å². The maximum Gasteiger partial charge on any atom is 0.274 e. The molecule has 1 saturated heterocycles. The quantitative estimate of drug-likeness (QED) is 0.850. The van der Waals surface area contributed by atoms with E-state index in [4.69, 9.17) is 5.73 Å². The van der Waals surface area contributed by atoms with Gasteiger partial charge >= 0.3 is 0 Å². The second-order valence-electron chi connectivity index (χ2n) is 4.74. The Kier molecular flexibility index (Phi) is 3.69. The summed E-state index contributed by atoms with van der Waals surface area (Å²) >= 11 is 0. The number of nitrogens with two attached hydrogens (primary N) is 1. The van der Waals surface area contributed by atoms with Gasteiger partial charge in [-0.05, 0) is 38.3 Å². The van der Waals surface area contributed by atoms with Crippen LogP contribution < -0.4 is 11.3 Å². The number of rotatable bonds is 2. The summed E-state index contributed by atoms with van der Waals surface area (Å²) in [6, 6.07) is 2.76. The topological polar surface area (TPSA) is 68.3 Å². The molecule has 98 valence electrons. The van der Waals surface area contributed by atoms with Gasteiger partial charge in [-0.15, -0.1) is 0 Å². The number of piperidine rings is 1. The highest BCUT2D eigenvalue weighted by Crippen LogP contribution is 2.14. The van der Waals surface area contributed by atoms with Gasteiger partial charge in [-0.2, -0.15) is 0 Å². The Labute approximate surface area is 106 Å². The molecular weight excluding hydrogens is 230 g/mol. The van der Waals surface area contributed by atoms with E-state index in [1.807, 2.05) is 4.90 Å². The summed E-state index contributed by atoms with van der Waals surface area (Å²) in [6.45, 7) is 3.33. The van der Waals surface area contributed by atoms with Gasteiger partial charge in [-0.25, -0.2) is 0 Å². The van der Waals surface area contributed by atoms with Crippen molar-refractivity contribution in [2.45, 2.75) is 32.2 Å². The third-order valence-corrected chi connectivity index (χ3v) is 3.45. The number of anilines is 1. The zero-order valence-electron chi connectivity index (χ0n) is 10.6. The number of carbonyl (C=O) groups is 1. The first-order valence-electron chi connectivity index (χ1n) is 6.36. The van der Waals surface area contributed by atoms with Crippen molar-refractivity contribution < 1.29 is 4.79 Å². The minimum atomic E-state index is -0.487. The Morgan fingerprint density at radius 2 is 2.00 bits per heavy atom. The van der Waals surface area contributed by atoms with Crippen LogP contribution in [0.15, 0.2) is 23.1 Å². The summed E-state index contributed by atoms with van der Waals surface area (Å²) in [7, 11) is 0. The van der Waals surface area contributed by atoms with E-state index in [0.717, 1.165) is 25.9 Å². The minimum Gasteiger partial charge on any atom is -0.394 e. The van der Waals surface area contributed by atoms with E-state index in [9.17, 15) is 9.59 Å². The molecule has 0 spiro atoms. The first kappa shape index (κ1) is 12.7. The van der Waals surface area contributed by atoms with Gasteiger partial charge in [0.1, 0.15) is 6.04 Å². The van der Waals surface area contributed by atoms with Crippen molar-refractivity contribution in [1.82, 2.24) is 9.47 Å². The number of aromatic nitrogens is 1. The molecule has 5 heteroatoms. The number of hydrogen-bond acceptors (Lipinski definition) is 3. The van der Waals surface area contributed by atoms with Gasteiger partial charge in [0, 0.05) is 19.3 Å². The average Bonchev–Trinajstić information content (AvgIpc) is 2.41. The maximum absolute atomic E-state index is 12.3. The Hall–Kier alpha value is -1.78. The molecule has 1 aliphatic heterocycles. The van der Waals surface area contributed by atoms with Crippen LogP contribution in [0.4, 0.5) is 5.69 Å². The van der Waals surface area contributed by atoms with Crippen LogP contribution in [0, 0.1) is 0 Å². The van der Waals surface area contributed by atoms with Gasteiger partial charge in [0.25, 0.3) is 5.56 Å². The van der Waals surface area contributed by atoms with Crippen LogP contribution in [0.3, 0.4) is 0 Å². The molecule has 1 fully saturated rings. The highest BCUT2D eigenvalue weighted by atomic mass is 16.2. The molecular formula is C13H19N3O2. The zero-order valence-corrected chi connectivity index (χ0v) is 10.6. The summed E-state index contributed by atoms with van der Waals surface area (Å²) < 4.78 is 1.41. The van der Waals surface area contributed by atoms with Gasteiger partial charge in [-0.1, -0.05) is 0 Å². The number of amides is 1. The van der Waals surface area contributed by atoms with Crippen molar-refractivity contribution >= 4 is 11.6 Å². The van der Waals surface area contributed by atoms with Crippen molar-refractivity contribution in [1.29, 1.82) is 0 Å². The van der Waals surface area contributed by atoms with Crippen LogP contribution in [0.1, 0.15) is 32.2 Å². The monoisotopic (exact) mass is 249 g/mol. The molecule has 0 bridgehead atoms. The van der Waals surface area contributed by atoms with Crippen LogP contribution in [-0.2, 0) is 4.79 Å². The molecule has 0 aromatic carbocycles. The van der Waals surface area contributed by atoms with Crippen LogP contribution in [0.25, 0.3) is 0 Å². The second kappa shape index (κ2) is 5.25. The molecule has 1 aromatic heterocycles. The predicted octanol–water partition coefficient (Wildman–Crippen LogP) is 1.00. The van der Waals surface area contributed by atoms with Crippen molar-refractivity contribution in [3.05, 3.63) is 28.7 Å². The Bertz CT molecular complexity index is 489. The highest BCUT2D eigenvalue weighted by Gasteiger charge is 2.23. The summed E-state index contributed by atoms with van der Waals surface area (Å²) in [5, 5.41) is 0. The minimum absolute atomic E-state index is 0.00222. The summed E-state index contributed by atoms with van der Waals surface area (Å²) in [6.07, 6.45) is 4.89. The molecule has 1 amide bonds. The lowest BCUT2D eigenvalue weighted by Crippen LogP contribution is -2.41. The number of carbonyl (C=O) groups excluding carboxylic acids is 1. The number of nitrogen functional groups attached to an aromatic ring is 1.